The van der Waals surface area contributed by atoms with Crippen molar-refractivity contribution >= 4 is 0 Å². The summed E-state index contributed by atoms with van der Waals surface area (Å²) in [5, 5.41) is 26.9. The zero-order valence-corrected chi connectivity index (χ0v) is 6.77. The van der Waals surface area contributed by atoms with E-state index in [4.69, 9.17) is 14.6 Å². The fourth-order valence-electron chi connectivity index (χ4n) is 0.941. The van der Waals surface area contributed by atoms with Crippen LogP contribution in [0.5, 0.6) is 0 Å². The Morgan fingerprint density at radius 1 is 1.50 bits per heavy atom. The summed E-state index contributed by atoms with van der Waals surface area (Å²) in [5.74, 6) is 0.661. The first kappa shape index (κ1) is 9.25. The summed E-state index contributed by atoms with van der Waals surface area (Å²) in [6, 6.07) is 1.61. The van der Waals surface area contributed by atoms with Crippen LogP contribution >= 0.6 is 0 Å². The molecule has 0 unspecified atom stereocenters. The van der Waals surface area contributed by atoms with Crippen molar-refractivity contribution in [3.63, 3.8) is 0 Å². The first-order valence-electron chi connectivity index (χ1n) is 3.67. The molecule has 0 amide bonds. The summed E-state index contributed by atoms with van der Waals surface area (Å²) < 4.78 is 4.93. The fourth-order valence-corrected chi connectivity index (χ4v) is 0.941. The number of aliphatic hydroxyl groups excluding tert-OH is 3. The average Bonchev–Trinajstić information content (AvgIpc) is 2.49. The molecule has 0 aliphatic rings. The zero-order valence-electron chi connectivity index (χ0n) is 6.77. The first-order chi connectivity index (χ1) is 5.65. The lowest BCUT2D eigenvalue weighted by atomic mass is 10.1. The number of furan rings is 1. The molecule has 0 radical (unpaired) electrons. The molecule has 0 aromatic carbocycles. The Morgan fingerprint density at radius 3 is 2.58 bits per heavy atom. The Kier molecular flexibility index (Phi) is 2.86. The third-order valence-corrected chi connectivity index (χ3v) is 1.64. The highest BCUT2D eigenvalue weighted by Crippen LogP contribution is 2.18. The van der Waals surface area contributed by atoms with Crippen molar-refractivity contribution in [2.45, 2.75) is 19.1 Å². The van der Waals surface area contributed by atoms with Gasteiger partial charge >= 0.3 is 0 Å². The van der Waals surface area contributed by atoms with Crippen molar-refractivity contribution < 1.29 is 19.7 Å². The van der Waals surface area contributed by atoms with Crippen LogP contribution in [0.25, 0.3) is 0 Å². The van der Waals surface area contributed by atoms with Crippen LogP contribution in [0.2, 0.25) is 0 Å². The van der Waals surface area contributed by atoms with Crippen molar-refractivity contribution in [3.8, 4) is 0 Å². The Labute approximate surface area is 70.1 Å². The van der Waals surface area contributed by atoms with Crippen molar-refractivity contribution in [2.24, 2.45) is 0 Å². The molecular formula is C8H12O4. The molecule has 4 heteroatoms. The molecule has 0 spiro atoms. The second kappa shape index (κ2) is 3.71. The summed E-state index contributed by atoms with van der Waals surface area (Å²) in [6.45, 7) is 1.27. The SMILES string of the molecule is Cc1cc([C@@H](O)[C@@H](O)CO)co1. The van der Waals surface area contributed by atoms with E-state index in [9.17, 15) is 5.11 Å². The number of aryl methyl sites for hydroxylation is 1. The molecule has 0 saturated heterocycles. The second-order valence-corrected chi connectivity index (χ2v) is 2.69. The lowest BCUT2D eigenvalue weighted by Gasteiger charge is -2.12. The molecule has 68 valence electrons. The van der Waals surface area contributed by atoms with E-state index < -0.39 is 18.8 Å². The monoisotopic (exact) mass is 172 g/mol. The van der Waals surface area contributed by atoms with Gasteiger partial charge in [0.1, 0.15) is 18.0 Å². The third-order valence-electron chi connectivity index (χ3n) is 1.64. The van der Waals surface area contributed by atoms with E-state index >= 15 is 0 Å². The molecule has 2 atom stereocenters. The Balaban J connectivity index is 2.70. The maximum absolute atomic E-state index is 9.33. The first-order valence-corrected chi connectivity index (χ1v) is 3.67. The van der Waals surface area contributed by atoms with Crippen LogP contribution in [0.3, 0.4) is 0 Å². The molecule has 0 fully saturated rings. The van der Waals surface area contributed by atoms with Crippen LogP contribution in [0.1, 0.15) is 17.4 Å². The van der Waals surface area contributed by atoms with Gasteiger partial charge in [-0.15, -0.1) is 0 Å². The standard InChI is InChI=1S/C8H12O4/c1-5-2-6(4-12-5)8(11)7(10)3-9/h2,4,7-11H,3H2,1H3/t7-,8+/m0/s1. The highest BCUT2D eigenvalue weighted by atomic mass is 16.4. The van der Waals surface area contributed by atoms with E-state index in [0.717, 1.165) is 0 Å². The van der Waals surface area contributed by atoms with Gasteiger partial charge in [-0.2, -0.15) is 0 Å². The van der Waals surface area contributed by atoms with E-state index in [1.54, 1.807) is 13.0 Å². The van der Waals surface area contributed by atoms with Gasteiger partial charge in [-0.1, -0.05) is 0 Å². The van der Waals surface area contributed by atoms with E-state index in [2.05, 4.69) is 0 Å². The third kappa shape index (κ3) is 1.85. The van der Waals surface area contributed by atoms with Crippen LogP contribution in [-0.4, -0.2) is 28.0 Å². The normalized spacial score (nSPS) is 16.0. The van der Waals surface area contributed by atoms with Crippen LogP contribution in [0.15, 0.2) is 16.7 Å². The largest absolute Gasteiger partial charge is 0.469 e. The highest BCUT2D eigenvalue weighted by molar-refractivity contribution is 5.15. The highest BCUT2D eigenvalue weighted by Gasteiger charge is 2.18. The maximum atomic E-state index is 9.33. The lowest BCUT2D eigenvalue weighted by molar-refractivity contribution is -0.0155. The zero-order chi connectivity index (χ0) is 9.14. The molecule has 0 bridgehead atoms. The summed E-state index contributed by atoms with van der Waals surface area (Å²) in [5.41, 5.74) is 0.481. The second-order valence-electron chi connectivity index (χ2n) is 2.69. The molecule has 0 aliphatic heterocycles. The maximum Gasteiger partial charge on any atom is 0.110 e. The summed E-state index contributed by atoms with van der Waals surface area (Å²) >= 11 is 0. The Bertz CT molecular complexity index is 243. The minimum absolute atomic E-state index is 0.467. The average molecular weight is 172 g/mol. The molecule has 1 aromatic heterocycles. The van der Waals surface area contributed by atoms with Gasteiger partial charge in [-0.05, 0) is 13.0 Å². The summed E-state index contributed by atoms with van der Waals surface area (Å²) in [6.07, 6.45) is -0.867. The number of hydrogen-bond donors (Lipinski definition) is 3. The molecule has 0 aliphatic carbocycles. The van der Waals surface area contributed by atoms with E-state index in [1.807, 2.05) is 0 Å². The number of rotatable bonds is 3. The fraction of sp³-hybridized carbons (Fsp3) is 0.500. The molecule has 4 nitrogen and oxygen atoms in total. The van der Waals surface area contributed by atoms with Gasteiger partial charge in [0.25, 0.3) is 0 Å². The van der Waals surface area contributed by atoms with Gasteiger partial charge in [0, 0.05) is 5.56 Å². The van der Waals surface area contributed by atoms with Gasteiger partial charge in [0.05, 0.1) is 12.9 Å². The van der Waals surface area contributed by atoms with Crippen molar-refractivity contribution in [1.82, 2.24) is 0 Å². The van der Waals surface area contributed by atoms with Gasteiger partial charge in [0.15, 0.2) is 0 Å². The van der Waals surface area contributed by atoms with Crippen molar-refractivity contribution in [3.05, 3.63) is 23.7 Å². The predicted octanol–water partition coefficient (Wildman–Crippen LogP) is -0.0254. The number of hydrogen-bond acceptors (Lipinski definition) is 4. The minimum Gasteiger partial charge on any atom is -0.469 e. The topological polar surface area (TPSA) is 73.8 Å². The molecule has 3 N–H and O–H groups in total. The summed E-state index contributed by atoms with van der Waals surface area (Å²) in [7, 11) is 0. The lowest BCUT2D eigenvalue weighted by Crippen LogP contribution is -2.21. The molecule has 1 rings (SSSR count). The molecule has 0 saturated carbocycles. The smallest absolute Gasteiger partial charge is 0.110 e. The Morgan fingerprint density at radius 2 is 2.17 bits per heavy atom. The minimum atomic E-state index is -1.15. The van der Waals surface area contributed by atoms with Gasteiger partial charge in [0.2, 0.25) is 0 Å². The molecule has 1 aromatic rings. The van der Waals surface area contributed by atoms with Crippen LogP contribution in [-0.2, 0) is 0 Å². The van der Waals surface area contributed by atoms with Crippen molar-refractivity contribution in [1.29, 1.82) is 0 Å². The van der Waals surface area contributed by atoms with Gasteiger partial charge in [-0.3, -0.25) is 0 Å². The molecule has 1 heterocycles. The Hall–Kier alpha value is -0.840. The molecular weight excluding hydrogens is 160 g/mol. The van der Waals surface area contributed by atoms with Gasteiger partial charge < -0.3 is 19.7 Å². The predicted molar refractivity (Wildman–Crippen MR) is 41.5 cm³/mol. The van der Waals surface area contributed by atoms with E-state index in [-0.39, 0.29) is 0 Å². The van der Waals surface area contributed by atoms with E-state index in [1.165, 1.54) is 6.26 Å². The summed E-state index contributed by atoms with van der Waals surface area (Å²) in [4.78, 5) is 0. The van der Waals surface area contributed by atoms with E-state index in [0.29, 0.717) is 11.3 Å². The van der Waals surface area contributed by atoms with Crippen LogP contribution in [0, 0.1) is 6.92 Å². The van der Waals surface area contributed by atoms with Crippen LogP contribution < -0.4 is 0 Å². The quantitative estimate of drug-likeness (QED) is 0.598. The number of aliphatic hydroxyl groups is 3. The van der Waals surface area contributed by atoms with Crippen LogP contribution in [0.4, 0.5) is 0 Å². The van der Waals surface area contributed by atoms with Crippen molar-refractivity contribution in [2.75, 3.05) is 6.61 Å². The molecule has 12 heavy (non-hydrogen) atoms. The van der Waals surface area contributed by atoms with Gasteiger partial charge in [-0.25, -0.2) is 0 Å².